The second-order valence-corrected chi connectivity index (χ2v) is 6.98. The summed E-state index contributed by atoms with van der Waals surface area (Å²) in [5.41, 5.74) is 2.57. The van der Waals surface area contributed by atoms with E-state index in [1.54, 1.807) is 0 Å². The maximum Gasteiger partial charge on any atom is 0.0857 e. The Morgan fingerprint density at radius 1 is 1.20 bits per heavy atom. The van der Waals surface area contributed by atoms with Gasteiger partial charge in [0.25, 0.3) is 0 Å². The highest BCUT2D eigenvalue weighted by Gasteiger charge is 2.07. The zero-order valence-electron chi connectivity index (χ0n) is 7.56. The van der Waals surface area contributed by atoms with Gasteiger partial charge in [0.1, 0.15) is 0 Å². The summed E-state index contributed by atoms with van der Waals surface area (Å²) < 4.78 is 11.3. The molecule has 0 atom stereocenters. The zero-order valence-corrected chi connectivity index (χ0v) is 8.46. The molecule has 0 aliphatic rings. The Balaban J connectivity index is 4.20. The molecular formula is C8H17OP. The van der Waals surface area contributed by atoms with E-state index >= 15 is 0 Å². The van der Waals surface area contributed by atoms with Gasteiger partial charge in [-0.25, -0.2) is 0 Å². The summed E-state index contributed by atoms with van der Waals surface area (Å²) in [5, 5.41) is 0. The molecule has 1 nitrogen and oxygen atoms in total. The highest BCUT2D eigenvalue weighted by Crippen LogP contribution is 2.38. The third-order valence-corrected chi connectivity index (χ3v) is 2.71. The van der Waals surface area contributed by atoms with Gasteiger partial charge in [-0.15, -0.1) is 0 Å². The highest BCUT2D eigenvalue weighted by atomic mass is 31.2. The minimum absolute atomic E-state index is 0.773. The second-order valence-electron chi connectivity index (χ2n) is 3.51. The van der Waals surface area contributed by atoms with Crippen molar-refractivity contribution in [2.24, 2.45) is 0 Å². The normalized spacial score (nSPS) is 11.3. The lowest BCUT2D eigenvalue weighted by Crippen LogP contribution is -1.89. The van der Waals surface area contributed by atoms with Gasteiger partial charge in [0.2, 0.25) is 0 Å². The molecule has 0 N–H and O–H groups in total. The van der Waals surface area contributed by atoms with Crippen molar-refractivity contribution >= 4 is 7.14 Å². The number of hydrogen-bond acceptors (Lipinski definition) is 1. The molecule has 0 radical (unpaired) electrons. The van der Waals surface area contributed by atoms with Gasteiger partial charge >= 0.3 is 0 Å². The fourth-order valence-electron chi connectivity index (χ4n) is 0.729. The van der Waals surface area contributed by atoms with Crippen LogP contribution in [0.5, 0.6) is 0 Å². The third-order valence-electron chi connectivity index (χ3n) is 1.47. The van der Waals surface area contributed by atoms with Crippen LogP contribution < -0.4 is 0 Å². The molecule has 0 fully saturated rings. The minimum atomic E-state index is -1.83. The molecule has 0 saturated heterocycles. The first kappa shape index (κ1) is 9.97. The topological polar surface area (TPSA) is 17.1 Å². The molecule has 2 heteroatoms. The molecule has 0 amide bonds. The Kier molecular flexibility index (Phi) is 3.38. The van der Waals surface area contributed by atoms with Gasteiger partial charge in [-0.05, 0) is 34.1 Å². The van der Waals surface area contributed by atoms with Crippen molar-refractivity contribution in [1.82, 2.24) is 0 Å². The van der Waals surface area contributed by atoms with E-state index in [0.717, 1.165) is 6.16 Å². The van der Waals surface area contributed by atoms with E-state index in [1.165, 1.54) is 11.1 Å². The summed E-state index contributed by atoms with van der Waals surface area (Å²) in [6, 6.07) is 0. The van der Waals surface area contributed by atoms with Gasteiger partial charge in [-0.3, -0.25) is 0 Å². The van der Waals surface area contributed by atoms with Crippen LogP contribution in [0, 0.1) is 0 Å². The summed E-state index contributed by atoms with van der Waals surface area (Å²) in [5.74, 6) is 0. The van der Waals surface area contributed by atoms with Gasteiger partial charge in [-0.1, -0.05) is 11.1 Å². The Morgan fingerprint density at radius 3 is 1.70 bits per heavy atom. The number of rotatable bonds is 2. The monoisotopic (exact) mass is 160 g/mol. The molecule has 0 aromatic rings. The lowest BCUT2D eigenvalue weighted by molar-refractivity contribution is 0.583. The molecule has 0 heterocycles. The van der Waals surface area contributed by atoms with Crippen molar-refractivity contribution < 1.29 is 4.57 Å². The van der Waals surface area contributed by atoms with E-state index in [4.69, 9.17) is 0 Å². The molecule has 0 saturated carbocycles. The molecular weight excluding hydrogens is 143 g/mol. The van der Waals surface area contributed by atoms with Crippen LogP contribution in [0.1, 0.15) is 20.8 Å². The number of hydrogen-bond donors (Lipinski definition) is 0. The molecule has 0 unspecified atom stereocenters. The van der Waals surface area contributed by atoms with E-state index in [-0.39, 0.29) is 0 Å². The van der Waals surface area contributed by atoms with Crippen LogP contribution in [0.25, 0.3) is 0 Å². The van der Waals surface area contributed by atoms with Gasteiger partial charge in [0.05, 0.1) is 7.14 Å². The Labute approximate surface area is 63.9 Å². The van der Waals surface area contributed by atoms with Gasteiger partial charge in [-0.2, -0.15) is 0 Å². The van der Waals surface area contributed by atoms with Crippen molar-refractivity contribution in [3.8, 4) is 0 Å². The van der Waals surface area contributed by atoms with Crippen LogP contribution in [-0.2, 0) is 4.57 Å². The SMILES string of the molecule is CC(C)=C(C)CP(C)(C)=O. The largest absolute Gasteiger partial charge is 0.324 e. The molecule has 0 aromatic heterocycles. The first-order chi connectivity index (χ1) is 4.33. The van der Waals surface area contributed by atoms with E-state index in [2.05, 4.69) is 20.8 Å². The van der Waals surface area contributed by atoms with Crippen molar-refractivity contribution in [1.29, 1.82) is 0 Å². The Hall–Kier alpha value is -0.0300. The van der Waals surface area contributed by atoms with Crippen LogP contribution >= 0.6 is 7.14 Å². The zero-order chi connectivity index (χ0) is 8.36. The molecule has 0 bridgehead atoms. The Morgan fingerprint density at radius 2 is 1.60 bits per heavy atom. The second kappa shape index (κ2) is 3.39. The van der Waals surface area contributed by atoms with E-state index in [1.807, 2.05) is 13.3 Å². The van der Waals surface area contributed by atoms with E-state index < -0.39 is 7.14 Å². The summed E-state index contributed by atoms with van der Waals surface area (Å²) in [7, 11) is -1.83. The molecule has 0 spiro atoms. The summed E-state index contributed by atoms with van der Waals surface area (Å²) in [6.45, 7) is 9.84. The van der Waals surface area contributed by atoms with Crippen molar-refractivity contribution in [3.63, 3.8) is 0 Å². The van der Waals surface area contributed by atoms with Crippen LogP contribution in [0.15, 0.2) is 11.1 Å². The average molecular weight is 160 g/mol. The summed E-state index contributed by atoms with van der Waals surface area (Å²) >= 11 is 0. The molecule has 0 aliphatic heterocycles. The quantitative estimate of drug-likeness (QED) is 0.448. The summed E-state index contributed by atoms with van der Waals surface area (Å²) in [4.78, 5) is 0. The smallest absolute Gasteiger partial charge is 0.0857 e. The average Bonchev–Trinajstić information content (AvgIpc) is 1.60. The fraction of sp³-hybridized carbons (Fsp3) is 0.750. The molecule has 10 heavy (non-hydrogen) atoms. The first-order valence-electron chi connectivity index (χ1n) is 3.50. The predicted octanol–water partition coefficient (Wildman–Crippen LogP) is 2.97. The van der Waals surface area contributed by atoms with Gasteiger partial charge < -0.3 is 4.57 Å². The maximum atomic E-state index is 11.3. The minimum Gasteiger partial charge on any atom is -0.324 e. The summed E-state index contributed by atoms with van der Waals surface area (Å²) in [6.07, 6.45) is 0.773. The van der Waals surface area contributed by atoms with Gasteiger partial charge in [0.15, 0.2) is 0 Å². The lowest BCUT2D eigenvalue weighted by atomic mass is 10.2. The standard InChI is InChI=1S/C8H17OP/c1-7(2)8(3)6-10(4,5)9/h6H2,1-5H3. The van der Waals surface area contributed by atoms with Crippen molar-refractivity contribution in [3.05, 3.63) is 11.1 Å². The number of allylic oxidation sites excluding steroid dienone is 2. The maximum absolute atomic E-state index is 11.3. The van der Waals surface area contributed by atoms with Crippen LogP contribution in [0.4, 0.5) is 0 Å². The van der Waals surface area contributed by atoms with E-state index in [9.17, 15) is 4.57 Å². The molecule has 0 aromatic carbocycles. The fourth-order valence-corrected chi connectivity index (χ4v) is 2.19. The molecule has 60 valence electrons. The van der Waals surface area contributed by atoms with Crippen molar-refractivity contribution in [2.75, 3.05) is 19.5 Å². The Bertz CT molecular complexity index is 181. The van der Waals surface area contributed by atoms with Gasteiger partial charge in [0, 0.05) is 6.16 Å². The van der Waals surface area contributed by atoms with Crippen LogP contribution in [0.3, 0.4) is 0 Å². The highest BCUT2D eigenvalue weighted by molar-refractivity contribution is 7.62. The van der Waals surface area contributed by atoms with Crippen LogP contribution in [-0.4, -0.2) is 19.5 Å². The third kappa shape index (κ3) is 4.81. The van der Waals surface area contributed by atoms with E-state index in [0.29, 0.717) is 0 Å². The first-order valence-corrected chi connectivity index (χ1v) is 6.28. The molecule has 0 aliphatic carbocycles. The lowest BCUT2D eigenvalue weighted by Gasteiger charge is -2.07. The predicted molar refractivity (Wildman–Crippen MR) is 48.4 cm³/mol. The molecule has 0 rings (SSSR count). The van der Waals surface area contributed by atoms with Crippen molar-refractivity contribution in [2.45, 2.75) is 20.8 Å². The van der Waals surface area contributed by atoms with Crippen LogP contribution in [0.2, 0.25) is 0 Å².